The Kier molecular flexibility index (Phi) is 5.82. The van der Waals surface area contributed by atoms with Crippen LogP contribution in [0.15, 0.2) is 16.9 Å². The summed E-state index contributed by atoms with van der Waals surface area (Å²) >= 11 is 3.16. The van der Waals surface area contributed by atoms with Crippen LogP contribution in [-0.4, -0.2) is 19.7 Å². The molecule has 0 radical (unpaired) electrons. The third kappa shape index (κ3) is 5.74. The van der Waals surface area contributed by atoms with Crippen molar-refractivity contribution in [2.24, 2.45) is 0 Å². The Morgan fingerprint density at radius 3 is 2.40 bits per heavy atom. The van der Waals surface area contributed by atoms with Crippen molar-refractivity contribution in [3.8, 4) is 0 Å². The molecule has 0 aliphatic carbocycles. The molecule has 4 nitrogen and oxygen atoms in total. The molecule has 0 spiro atoms. The van der Waals surface area contributed by atoms with Crippen molar-refractivity contribution in [3.63, 3.8) is 0 Å². The summed E-state index contributed by atoms with van der Waals surface area (Å²) < 4.78 is 24.8. The third-order valence-electron chi connectivity index (χ3n) is 1.37. The second-order valence-corrected chi connectivity index (χ2v) is 5.26. The average Bonchev–Trinajstić information content (AvgIpc) is 2.12. The fourth-order valence-corrected chi connectivity index (χ4v) is 1.76. The first-order valence-electron chi connectivity index (χ1n) is 4.48. The molecular formula is C9H15BrN2O2S. The molecule has 1 aromatic heterocycles. The van der Waals surface area contributed by atoms with Gasteiger partial charge in [-0.2, -0.15) is 0 Å². The number of hydrogen-bond donors (Lipinski definition) is 1. The molecule has 1 rings (SSSR count). The Morgan fingerprint density at radius 2 is 1.93 bits per heavy atom. The second-order valence-electron chi connectivity index (χ2n) is 2.70. The van der Waals surface area contributed by atoms with Crippen molar-refractivity contribution in [2.75, 3.05) is 11.0 Å². The maximum absolute atomic E-state index is 10.9. The summed E-state index contributed by atoms with van der Waals surface area (Å²) in [5, 5.41) is 0. The average molecular weight is 295 g/mol. The van der Waals surface area contributed by atoms with Gasteiger partial charge in [0.05, 0.1) is 11.9 Å². The van der Waals surface area contributed by atoms with Crippen molar-refractivity contribution in [1.82, 2.24) is 4.98 Å². The van der Waals surface area contributed by atoms with E-state index in [4.69, 9.17) is 0 Å². The Hall–Kier alpha value is -0.620. The molecule has 0 bridgehead atoms. The van der Waals surface area contributed by atoms with Gasteiger partial charge in [-0.15, -0.1) is 0 Å². The number of nitrogens with zero attached hydrogens (tertiary/aromatic N) is 1. The van der Waals surface area contributed by atoms with Gasteiger partial charge >= 0.3 is 0 Å². The molecule has 15 heavy (non-hydrogen) atoms. The van der Waals surface area contributed by atoms with Gasteiger partial charge in [-0.3, -0.25) is 4.72 Å². The second kappa shape index (κ2) is 6.07. The van der Waals surface area contributed by atoms with E-state index in [1.54, 1.807) is 19.2 Å². The van der Waals surface area contributed by atoms with Crippen LogP contribution in [0.3, 0.4) is 0 Å². The fourth-order valence-electron chi connectivity index (χ4n) is 0.808. The molecule has 86 valence electrons. The lowest BCUT2D eigenvalue weighted by atomic mass is 10.3. The molecule has 0 amide bonds. The van der Waals surface area contributed by atoms with Crippen LogP contribution >= 0.6 is 15.9 Å². The van der Waals surface area contributed by atoms with E-state index in [0.717, 1.165) is 11.8 Å². The Labute approximate surface area is 99.3 Å². The van der Waals surface area contributed by atoms with Gasteiger partial charge in [-0.1, -0.05) is 13.8 Å². The van der Waals surface area contributed by atoms with Crippen molar-refractivity contribution in [2.45, 2.75) is 20.8 Å². The Bertz CT molecular complexity index is 418. The van der Waals surface area contributed by atoms with Crippen molar-refractivity contribution in [1.29, 1.82) is 0 Å². The van der Waals surface area contributed by atoms with E-state index in [1.165, 1.54) is 0 Å². The van der Waals surface area contributed by atoms with Crippen LogP contribution in [0.4, 0.5) is 5.69 Å². The zero-order valence-electron chi connectivity index (χ0n) is 9.20. The Morgan fingerprint density at radius 1 is 1.40 bits per heavy atom. The number of pyridine rings is 1. The van der Waals surface area contributed by atoms with Gasteiger partial charge in [-0.25, -0.2) is 13.4 Å². The van der Waals surface area contributed by atoms with Crippen LogP contribution in [0.2, 0.25) is 0 Å². The van der Waals surface area contributed by atoms with Crippen LogP contribution in [-0.2, 0) is 10.0 Å². The van der Waals surface area contributed by atoms with Gasteiger partial charge in [0.15, 0.2) is 0 Å². The highest BCUT2D eigenvalue weighted by molar-refractivity contribution is 9.10. The van der Waals surface area contributed by atoms with Gasteiger partial charge in [0.25, 0.3) is 0 Å². The SMILES string of the molecule is CC.Cc1cnc(Br)cc1NS(C)(=O)=O. The molecule has 0 aliphatic heterocycles. The molecule has 6 heteroatoms. The molecule has 0 unspecified atom stereocenters. The predicted octanol–water partition coefficient (Wildman–Crippen LogP) is 2.55. The van der Waals surface area contributed by atoms with E-state index in [9.17, 15) is 8.42 Å². The maximum Gasteiger partial charge on any atom is 0.229 e. The number of aromatic nitrogens is 1. The quantitative estimate of drug-likeness (QED) is 0.853. The lowest BCUT2D eigenvalue weighted by Crippen LogP contribution is -2.10. The summed E-state index contributed by atoms with van der Waals surface area (Å²) in [5.74, 6) is 0. The van der Waals surface area contributed by atoms with E-state index < -0.39 is 10.0 Å². The van der Waals surface area contributed by atoms with Crippen LogP contribution < -0.4 is 4.72 Å². The summed E-state index contributed by atoms with van der Waals surface area (Å²) in [5.41, 5.74) is 1.33. The van der Waals surface area contributed by atoms with Gasteiger partial charge < -0.3 is 0 Å². The largest absolute Gasteiger partial charge is 0.283 e. The molecule has 0 aromatic carbocycles. The molecule has 1 aromatic rings. The molecule has 1 heterocycles. The highest BCUT2D eigenvalue weighted by Crippen LogP contribution is 2.18. The van der Waals surface area contributed by atoms with E-state index in [2.05, 4.69) is 25.6 Å². The van der Waals surface area contributed by atoms with Gasteiger partial charge in [0.2, 0.25) is 10.0 Å². The zero-order valence-corrected chi connectivity index (χ0v) is 11.6. The standard InChI is InChI=1S/C7H9BrN2O2S.C2H6/c1-5-4-9-7(8)3-6(5)10-13(2,11)12;1-2/h3-4H,1-2H3,(H,9,10);1-2H3. The Balaban J connectivity index is 0.000000921. The van der Waals surface area contributed by atoms with Crippen LogP contribution in [0.1, 0.15) is 19.4 Å². The summed E-state index contributed by atoms with van der Waals surface area (Å²) in [6.45, 7) is 5.78. The molecule has 0 atom stereocenters. The molecule has 0 aliphatic rings. The molecule has 0 saturated carbocycles. The minimum absolute atomic E-state index is 0.546. The monoisotopic (exact) mass is 294 g/mol. The molecule has 1 N–H and O–H groups in total. The number of hydrogen-bond acceptors (Lipinski definition) is 3. The minimum Gasteiger partial charge on any atom is -0.283 e. The molecule has 0 fully saturated rings. The normalized spacial score (nSPS) is 10.2. The van der Waals surface area contributed by atoms with Crippen molar-refractivity contribution < 1.29 is 8.42 Å². The highest BCUT2D eigenvalue weighted by Gasteiger charge is 2.05. The fraction of sp³-hybridized carbons (Fsp3) is 0.444. The van der Waals surface area contributed by atoms with E-state index in [1.807, 2.05) is 13.8 Å². The van der Waals surface area contributed by atoms with Gasteiger partial charge in [0.1, 0.15) is 4.60 Å². The maximum atomic E-state index is 10.9. The predicted molar refractivity (Wildman–Crippen MR) is 66.5 cm³/mol. The lowest BCUT2D eigenvalue weighted by Gasteiger charge is -2.06. The number of aryl methyl sites for hydroxylation is 1. The number of sulfonamides is 1. The van der Waals surface area contributed by atoms with Crippen LogP contribution in [0, 0.1) is 6.92 Å². The minimum atomic E-state index is -3.22. The van der Waals surface area contributed by atoms with Crippen molar-refractivity contribution >= 4 is 31.6 Å². The first kappa shape index (κ1) is 14.4. The van der Waals surface area contributed by atoms with E-state index in [0.29, 0.717) is 10.3 Å². The summed E-state index contributed by atoms with van der Waals surface area (Å²) in [6, 6.07) is 1.62. The summed E-state index contributed by atoms with van der Waals surface area (Å²) in [6.07, 6.45) is 2.71. The van der Waals surface area contributed by atoms with Crippen LogP contribution in [0.5, 0.6) is 0 Å². The highest BCUT2D eigenvalue weighted by atomic mass is 79.9. The van der Waals surface area contributed by atoms with Crippen LogP contribution in [0.25, 0.3) is 0 Å². The molecule has 0 saturated heterocycles. The zero-order chi connectivity index (χ0) is 12.1. The van der Waals surface area contributed by atoms with E-state index in [-0.39, 0.29) is 0 Å². The van der Waals surface area contributed by atoms with Gasteiger partial charge in [0, 0.05) is 6.20 Å². The number of nitrogens with one attached hydrogen (secondary N) is 1. The first-order valence-corrected chi connectivity index (χ1v) is 7.17. The smallest absolute Gasteiger partial charge is 0.229 e. The molecular weight excluding hydrogens is 280 g/mol. The third-order valence-corrected chi connectivity index (χ3v) is 2.39. The number of anilines is 1. The van der Waals surface area contributed by atoms with Crippen molar-refractivity contribution in [3.05, 3.63) is 22.4 Å². The summed E-state index contributed by atoms with van der Waals surface area (Å²) in [4.78, 5) is 3.95. The van der Waals surface area contributed by atoms with Gasteiger partial charge in [-0.05, 0) is 34.5 Å². The first-order chi connectivity index (χ1) is 6.88. The van der Waals surface area contributed by atoms with E-state index >= 15 is 0 Å². The number of rotatable bonds is 2. The topological polar surface area (TPSA) is 59.1 Å². The summed E-state index contributed by atoms with van der Waals surface area (Å²) in [7, 11) is -3.22. The number of halogens is 1. The lowest BCUT2D eigenvalue weighted by molar-refractivity contribution is 0.606.